The van der Waals surface area contributed by atoms with E-state index in [1.165, 1.54) is 12.1 Å². The molecule has 0 radical (unpaired) electrons. The highest BCUT2D eigenvalue weighted by Gasteiger charge is 2.34. The van der Waals surface area contributed by atoms with E-state index in [-0.39, 0.29) is 18.1 Å². The lowest BCUT2D eigenvalue weighted by molar-refractivity contribution is -0.140. The number of carbonyl (C=O) groups is 2. The molecule has 0 aromatic heterocycles. The number of alkyl halides is 3. The molecule has 1 heterocycles. The van der Waals surface area contributed by atoms with Crippen LogP contribution in [0.25, 0.3) is 0 Å². The number of urea groups is 1. The molecule has 25 heavy (non-hydrogen) atoms. The van der Waals surface area contributed by atoms with Gasteiger partial charge in [0.15, 0.2) is 0 Å². The van der Waals surface area contributed by atoms with Gasteiger partial charge < -0.3 is 15.4 Å². The van der Waals surface area contributed by atoms with Gasteiger partial charge in [-0.25, -0.2) is 9.59 Å². The molecule has 1 atom stereocenters. The van der Waals surface area contributed by atoms with E-state index < -0.39 is 29.8 Å². The van der Waals surface area contributed by atoms with Gasteiger partial charge in [0.1, 0.15) is 0 Å². The topological polar surface area (TPSA) is 67.4 Å². The van der Waals surface area contributed by atoms with Crippen LogP contribution in [0.1, 0.15) is 37.9 Å². The molecule has 2 rings (SSSR count). The quantitative estimate of drug-likeness (QED) is 0.811. The standard InChI is InChI=1S/C17H19F3N2O3/c1-9(2)8-25-15(23)13-10(3)21-16(24)22-14(13)11-4-6-12(7-5-11)17(18,19)20/h4-7,9,14H,8H2,1-3H3,(H2,21,22,24). The first-order valence-electron chi connectivity index (χ1n) is 7.72. The molecule has 8 heteroatoms. The van der Waals surface area contributed by atoms with E-state index in [9.17, 15) is 22.8 Å². The monoisotopic (exact) mass is 356 g/mol. The van der Waals surface area contributed by atoms with Crippen molar-refractivity contribution < 1.29 is 27.5 Å². The normalized spacial score (nSPS) is 18.0. The van der Waals surface area contributed by atoms with E-state index in [0.717, 1.165) is 12.1 Å². The Labute approximate surface area is 143 Å². The minimum absolute atomic E-state index is 0.125. The number of hydrogen-bond acceptors (Lipinski definition) is 3. The first-order valence-corrected chi connectivity index (χ1v) is 7.72. The van der Waals surface area contributed by atoms with E-state index in [4.69, 9.17) is 4.74 Å². The maximum absolute atomic E-state index is 12.7. The number of benzene rings is 1. The molecule has 1 aliphatic rings. The average Bonchev–Trinajstić information content (AvgIpc) is 2.51. The van der Waals surface area contributed by atoms with E-state index in [0.29, 0.717) is 11.3 Å². The highest BCUT2D eigenvalue weighted by atomic mass is 19.4. The molecule has 1 unspecified atom stereocenters. The van der Waals surface area contributed by atoms with Gasteiger partial charge in [-0.1, -0.05) is 26.0 Å². The van der Waals surface area contributed by atoms with Crippen molar-refractivity contribution >= 4 is 12.0 Å². The number of halogens is 3. The molecule has 136 valence electrons. The lowest BCUT2D eigenvalue weighted by Gasteiger charge is -2.28. The summed E-state index contributed by atoms with van der Waals surface area (Å²) in [4.78, 5) is 24.1. The number of amides is 2. The molecule has 0 aliphatic carbocycles. The molecule has 0 spiro atoms. The van der Waals surface area contributed by atoms with Gasteiger partial charge in [0.25, 0.3) is 0 Å². The summed E-state index contributed by atoms with van der Waals surface area (Å²) in [5, 5.41) is 5.03. The zero-order chi connectivity index (χ0) is 18.8. The van der Waals surface area contributed by atoms with Crippen molar-refractivity contribution in [1.82, 2.24) is 10.6 Å². The molecule has 5 nitrogen and oxygen atoms in total. The SMILES string of the molecule is CC1=C(C(=O)OCC(C)C)C(c2ccc(C(F)(F)F)cc2)NC(=O)N1. The Bertz CT molecular complexity index is 694. The van der Waals surface area contributed by atoms with Crippen LogP contribution in [0.15, 0.2) is 35.5 Å². The molecule has 0 saturated carbocycles. The van der Waals surface area contributed by atoms with Gasteiger partial charge in [-0.15, -0.1) is 0 Å². The van der Waals surface area contributed by atoms with Crippen molar-refractivity contribution in [2.24, 2.45) is 5.92 Å². The predicted octanol–water partition coefficient (Wildman–Crippen LogP) is 3.53. The summed E-state index contributed by atoms with van der Waals surface area (Å²) in [6, 6.07) is 2.88. The van der Waals surface area contributed by atoms with Crippen LogP contribution in [0.5, 0.6) is 0 Å². The number of esters is 1. The van der Waals surface area contributed by atoms with Crippen LogP contribution in [-0.4, -0.2) is 18.6 Å². The maximum Gasteiger partial charge on any atom is 0.416 e. The van der Waals surface area contributed by atoms with E-state index in [1.54, 1.807) is 6.92 Å². The summed E-state index contributed by atoms with van der Waals surface area (Å²) < 4.78 is 43.3. The minimum atomic E-state index is -4.46. The third-order valence-corrected chi connectivity index (χ3v) is 3.61. The Hall–Kier alpha value is -2.51. The van der Waals surface area contributed by atoms with Crippen LogP contribution < -0.4 is 10.6 Å². The molecular weight excluding hydrogens is 337 g/mol. The number of carbonyl (C=O) groups excluding carboxylic acids is 2. The maximum atomic E-state index is 12.7. The van der Waals surface area contributed by atoms with Gasteiger partial charge in [0, 0.05) is 5.70 Å². The fraction of sp³-hybridized carbons (Fsp3) is 0.412. The number of nitrogens with one attached hydrogen (secondary N) is 2. The van der Waals surface area contributed by atoms with Gasteiger partial charge in [-0.05, 0) is 30.5 Å². The largest absolute Gasteiger partial charge is 0.462 e. The lowest BCUT2D eigenvalue weighted by atomic mass is 9.95. The van der Waals surface area contributed by atoms with Crippen molar-refractivity contribution in [3.05, 3.63) is 46.7 Å². The van der Waals surface area contributed by atoms with E-state index in [2.05, 4.69) is 10.6 Å². The summed E-state index contributed by atoms with van der Waals surface area (Å²) in [7, 11) is 0. The van der Waals surface area contributed by atoms with Crippen LogP contribution in [0, 0.1) is 5.92 Å². The van der Waals surface area contributed by atoms with Gasteiger partial charge in [0.05, 0.1) is 23.8 Å². The van der Waals surface area contributed by atoms with E-state index in [1.807, 2.05) is 13.8 Å². The zero-order valence-electron chi connectivity index (χ0n) is 14.0. The number of ether oxygens (including phenoxy) is 1. The fourth-order valence-electron chi connectivity index (χ4n) is 2.40. The Kier molecular flexibility index (Phi) is 5.39. The highest BCUT2D eigenvalue weighted by molar-refractivity contribution is 5.95. The molecular formula is C17H19F3N2O3. The van der Waals surface area contributed by atoms with Crippen LogP contribution in [0.2, 0.25) is 0 Å². The Balaban J connectivity index is 2.34. The van der Waals surface area contributed by atoms with Crippen LogP contribution >= 0.6 is 0 Å². The summed E-state index contributed by atoms with van der Waals surface area (Å²) >= 11 is 0. The number of rotatable bonds is 4. The summed E-state index contributed by atoms with van der Waals surface area (Å²) in [6.07, 6.45) is -4.46. The second-order valence-corrected chi connectivity index (χ2v) is 6.18. The Morgan fingerprint density at radius 1 is 1.24 bits per heavy atom. The minimum Gasteiger partial charge on any atom is -0.462 e. The van der Waals surface area contributed by atoms with Crippen molar-refractivity contribution in [2.45, 2.75) is 33.0 Å². The van der Waals surface area contributed by atoms with Crippen LogP contribution in [-0.2, 0) is 15.7 Å². The average molecular weight is 356 g/mol. The van der Waals surface area contributed by atoms with Gasteiger partial charge in [0.2, 0.25) is 0 Å². The van der Waals surface area contributed by atoms with Gasteiger partial charge in [-0.2, -0.15) is 13.2 Å². The Morgan fingerprint density at radius 2 is 1.84 bits per heavy atom. The third-order valence-electron chi connectivity index (χ3n) is 3.61. The summed E-state index contributed by atoms with van der Waals surface area (Å²) in [6.45, 7) is 5.50. The molecule has 1 aromatic rings. The molecule has 1 aromatic carbocycles. The molecule has 2 amide bonds. The first-order chi connectivity index (χ1) is 11.6. The summed E-state index contributed by atoms with van der Waals surface area (Å²) in [5.41, 5.74) is 0.0299. The lowest BCUT2D eigenvalue weighted by Crippen LogP contribution is -2.45. The second-order valence-electron chi connectivity index (χ2n) is 6.18. The molecule has 2 N–H and O–H groups in total. The summed E-state index contributed by atoms with van der Waals surface area (Å²) in [5.74, 6) is -0.496. The van der Waals surface area contributed by atoms with Crippen molar-refractivity contribution in [2.75, 3.05) is 6.61 Å². The van der Waals surface area contributed by atoms with Gasteiger partial charge >= 0.3 is 18.2 Å². The molecule has 0 saturated heterocycles. The molecule has 0 bridgehead atoms. The number of hydrogen-bond donors (Lipinski definition) is 2. The van der Waals surface area contributed by atoms with Crippen molar-refractivity contribution in [3.63, 3.8) is 0 Å². The second kappa shape index (κ2) is 7.16. The van der Waals surface area contributed by atoms with Crippen LogP contribution in [0.3, 0.4) is 0 Å². The molecule has 0 fully saturated rings. The van der Waals surface area contributed by atoms with Crippen molar-refractivity contribution in [1.29, 1.82) is 0 Å². The van der Waals surface area contributed by atoms with Crippen molar-refractivity contribution in [3.8, 4) is 0 Å². The predicted molar refractivity (Wildman–Crippen MR) is 84.3 cm³/mol. The zero-order valence-corrected chi connectivity index (χ0v) is 14.0. The third kappa shape index (κ3) is 4.52. The highest BCUT2D eigenvalue weighted by Crippen LogP contribution is 2.32. The Morgan fingerprint density at radius 3 is 2.36 bits per heavy atom. The van der Waals surface area contributed by atoms with Crippen LogP contribution in [0.4, 0.5) is 18.0 Å². The molecule has 1 aliphatic heterocycles. The smallest absolute Gasteiger partial charge is 0.416 e. The van der Waals surface area contributed by atoms with Gasteiger partial charge in [-0.3, -0.25) is 0 Å². The fourth-order valence-corrected chi connectivity index (χ4v) is 2.40. The first kappa shape index (κ1) is 18.8. The number of allylic oxidation sites excluding steroid dienone is 1. The van der Waals surface area contributed by atoms with E-state index >= 15 is 0 Å².